The van der Waals surface area contributed by atoms with E-state index in [-0.39, 0.29) is 30.6 Å². The number of aromatic nitrogens is 3. The Morgan fingerprint density at radius 1 is 1.31 bits per heavy atom. The van der Waals surface area contributed by atoms with Gasteiger partial charge in [0.2, 0.25) is 6.43 Å². The third-order valence-corrected chi connectivity index (χ3v) is 6.15. The zero-order valence-electron chi connectivity index (χ0n) is 13.9. The van der Waals surface area contributed by atoms with Gasteiger partial charge in [-0.3, -0.25) is 4.79 Å². The summed E-state index contributed by atoms with van der Waals surface area (Å²) in [5.74, 6) is -1.66. The Morgan fingerprint density at radius 3 is 2.58 bits per heavy atom. The van der Waals surface area contributed by atoms with Crippen LogP contribution < -0.4 is 4.72 Å². The van der Waals surface area contributed by atoms with Gasteiger partial charge in [-0.25, -0.2) is 21.9 Å². The number of sulfonamides is 1. The quantitative estimate of drug-likeness (QED) is 0.804. The summed E-state index contributed by atoms with van der Waals surface area (Å²) in [6, 6.07) is 4.03. The van der Waals surface area contributed by atoms with Crippen LogP contribution in [0.5, 0.6) is 0 Å². The Balaban J connectivity index is 1.78. The van der Waals surface area contributed by atoms with E-state index >= 15 is 0 Å². The molecule has 1 fully saturated rings. The van der Waals surface area contributed by atoms with Crippen LogP contribution in [-0.2, 0) is 19.6 Å². The Bertz CT molecular complexity index is 907. The molecule has 1 aliphatic carbocycles. The zero-order valence-corrected chi connectivity index (χ0v) is 14.7. The molecule has 1 amide bonds. The topological polar surface area (TPSA) is 114 Å². The lowest BCUT2D eigenvalue weighted by atomic mass is 9.78. The van der Waals surface area contributed by atoms with Crippen molar-refractivity contribution in [2.45, 2.75) is 42.6 Å². The van der Waals surface area contributed by atoms with Gasteiger partial charge in [0, 0.05) is 13.0 Å². The third-order valence-electron chi connectivity index (χ3n) is 4.82. The lowest BCUT2D eigenvalue weighted by molar-refractivity contribution is -0.148. The molecule has 3 rings (SSSR count). The second-order valence-corrected chi connectivity index (χ2v) is 7.96. The molecule has 0 spiro atoms. The maximum absolute atomic E-state index is 12.8. The third kappa shape index (κ3) is 3.40. The number of ether oxygens (including phenoxy) is 1. The van der Waals surface area contributed by atoms with Crippen LogP contribution in [-0.4, -0.2) is 48.9 Å². The molecule has 1 aliphatic rings. The first kappa shape index (κ1) is 18.6. The minimum absolute atomic E-state index is 0.0299. The summed E-state index contributed by atoms with van der Waals surface area (Å²) in [5, 5.41) is 10.0. The van der Waals surface area contributed by atoms with E-state index in [2.05, 4.69) is 15.4 Å². The monoisotopic (exact) mass is 388 g/mol. The van der Waals surface area contributed by atoms with Crippen LogP contribution in [0.25, 0.3) is 11.0 Å². The molecule has 11 heteroatoms. The van der Waals surface area contributed by atoms with Gasteiger partial charge in [-0.1, -0.05) is 0 Å². The maximum atomic E-state index is 12.8. The van der Waals surface area contributed by atoms with E-state index in [4.69, 9.17) is 4.74 Å². The predicted octanol–water partition coefficient (Wildman–Crippen LogP) is 1.60. The summed E-state index contributed by atoms with van der Waals surface area (Å²) < 4.78 is 57.9. The number of halogens is 2. The molecule has 0 aliphatic heterocycles. The van der Waals surface area contributed by atoms with Crippen molar-refractivity contribution in [1.82, 2.24) is 20.1 Å². The molecule has 0 bridgehead atoms. The number of hydrogen-bond donors (Lipinski definition) is 2. The van der Waals surface area contributed by atoms with Gasteiger partial charge >= 0.3 is 0 Å². The number of nitrogens with one attached hydrogen (secondary N) is 2. The highest BCUT2D eigenvalue weighted by atomic mass is 32.2. The minimum Gasteiger partial charge on any atom is -0.368 e. The van der Waals surface area contributed by atoms with Gasteiger partial charge in [0.15, 0.2) is 0 Å². The van der Waals surface area contributed by atoms with Crippen molar-refractivity contribution in [2.75, 3.05) is 7.11 Å². The molecule has 0 atom stereocenters. The second kappa shape index (κ2) is 6.88. The molecule has 1 heterocycles. The Labute approximate surface area is 148 Å². The number of H-pyrrole nitrogens is 1. The Morgan fingerprint density at radius 2 is 1.96 bits per heavy atom. The molecular weight excluding hydrogens is 370 g/mol. The van der Waals surface area contributed by atoms with E-state index in [1.807, 2.05) is 4.72 Å². The van der Waals surface area contributed by atoms with Gasteiger partial charge in [-0.2, -0.15) is 15.4 Å². The first-order valence-corrected chi connectivity index (χ1v) is 9.47. The van der Waals surface area contributed by atoms with E-state index in [1.54, 1.807) is 0 Å². The van der Waals surface area contributed by atoms with Crippen LogP contribution in [0.2, 0.25) is 0 Å². The number of rotatable bonds is 5. The van der Waals surface area contributed by atoms with E-state index in [1.165, 1.54) is 25.3 Å². The van der Waals surface area contributed by atoms with E-state index in [0.717, 1.165) is 0 Å². The highest BCUT2D eigenvalue weighted by Gasteiger charge is 2.45. The fraction of sp³-hybridized carbons (Fsp3) is 0.533. The number of hydrogen-bond acceptors (Lipinski definition) is 6. The standard InChI is InChI=1S/C15H18F2N4O4S/c1-25-15(6-4-9(5-7-15)13(16)17)14(22)20-26(23,24)10-2-3-11-12(8-10)19-21-18-11/h2-3,8-9,13H,4-7H2,1H3,(H,20,22)(H,18,19,21). The fourth-order valence-electron chi connectivity index (χ4n) is 3.14. The predicted molar refractivity (Wildman–Crippen MR) is 86.9 cm³/mol. The van der Waals surface area contributed by atoms with Crippen molar-refractivity contribution in [3.63, 3.8) is 0 Å². The summed E-state index contributed by atoms with van der Waals surface area (Å²) in [7, 11) is -2.89. The number of nitrogens with zero attached hydrogens (tertiary/aromatic N) is 2. The van der Waals surface area contributed by atoms with Crippen LogP contribution in [0.1, 0.15) is 25.7 Å². The SMILES string of the molecule is COC1(C(=O)NS(=O)(=O)c2ccc3n[nH]nc3c2)CCC(C(F)F)CC1. The summed E-state index contributed by atoms with van der Waals surface area (Å²) in [6.45, 7) is 0. The van der Waals surface area contributed by atoms with Crippen molar-refractivity contribution in [3.8, 4) is 0 Å². The highest BCUT2D eigenvalue weighted by molar-refractivity contribution is 7.90. The van der Waals surface area contributed by atoms with Crippen molar-refractivity contribution in [3.05, 3.63) is 18.2 Å². The van der Waals surface area contributed by atoms with Gasteiger partial charge in [0.1, 0.15) is 16.6 Å². The number of carbonyl (C=O) groups excluding carboxylic acids is 1. The number of alkyl halides is 2. The largest absolute Gasteiger partial charge is 0.368 e. The number of aromatic amines is 1. The summed E-state index contributed by atoms with van der Waals surface area (Å²) in [6.07, 6.45) is -2.23. The Kier molecular flexibility index (Phi) is 4.93. The highest BCUT2D eigenvalue weighted by Crippen LogP contribution is 2.37. The average molecular weight is 388 g/mol. The van der Waals surface area contributed by atoms with E-state index < -0.39 is 33.9 Å². The molecule has 0 radical (unpaired) electrons. The molecule has 0 unspecified atom stereocenters. The van der Waals surface area contributed by atoms with Crippen LogP contribution in [0, 0.1) is 5.92 Å². The number of carbonyl (C=O) groups is 1. The molecule has 26 heavy (non-hydrogen) atoms. The van der Waals surface area contributed by atoms with Crippen molar-refractivity contribution in [2.24, 2.45) is 5.92 Å². The normalized spacial score (nSPS) is 24.1. The Hall–Kier alpha value is -2.14. The minimum atomic E-state index is -4.17. The van der Waals surface area contributed by atoms with Gasteiger partial charge in [0.05, 0.1) is 4.90 Å². The number of amides is 1. The molecule has 142 valence electrons. The van der Waals surface area contributed by atoms with Gasteiger partial charge in [-0.15, -0.1) is 0 Å². The maximum Gasteiger partial charge on any atom is 0.265 e. The summed E-state index contributed by atoms with van der Waals surface area (Å²) in [5.41, 5.74) is -0.621. The molecule has 1 aromatic heterocycles. The first-order valence-electron chi connectivity index (χ1n) is 7.98. The van der Waals surface area contributed by atoms with Crippen LogP contribution in [0.15, 0.2) is 23.1 Å². The van der Waals surface area contributed by atoms with Crippen molar-refractivity contribution in [1.29, 1.82) is 0 Å². The molecule has 2 N–H and O–H groups in total. The molecule has 0 saturated heterocycles. The van der Waals surface area contributed by atoms with Gasteiger partial charge in [0.25, 0.3) is 15.9 Å². The average Bonchev–Trinajstić information content (AvgIpc) is 3.09. The van der Waals surface area contributed by atoms with Crippen LogP contribution in [0.3, 0.4) is 0 Å². The zero-order chi connectivity index (χ0) is 18.9. The molecule has 2 aromatic rings. The van der Waals surface area contributed by atoms with Gasteiger partial charge < -0.3 is 4.74 Å². The summed E-state index contributed by atoms with van der Waals surface area (Å²) in [4.78, 5) is 12.4. The van der Waals surface area contributed by atoms with Crippen LogP contribution in [0.4, 0.5) is 8.78 Å². The van der Waals surface area contributed by atoms with E-state index in [0.29, 0.717) is 11.0 Å². The number of methoxy groups -OCH3 is 1. The first-order chi connectivity index (χ1) is 12.3. The molecular formula is C15H18F2N4O4S. The number of fused-ring (bicyclic) bond motifs is 1. The molecule has 1 aromatic carbocycles. The van der Waals surface area contributed by atoms with Crippen molar-refractivity contribution < 1.29 is 26.7 Å². The lowest BCUT2D eigenvalue weighted by Gasteiger charge is -2.37. The van der Waals surface area contributed by atoms with Crippen LogP contribution >= 0.6 is 0 Å². The summed E-state index contributed by atoms with van der Waals surface area (Å²) >= 11 is 0. The van der Waals surface area contributed by atoms with E-state index in [9.17, 15) is 22.0 Å². The number of benzene rings is 1. The van der Waals surface area contributed by atoms with Crippen molar-refractivity contribution >= 4 is 27.0 Å². The fourth-order valence-corrected chi connectivity index (χ4v) is 4.21. The molecule has 1 saturated carbocycles. The molecule has 8 nitrogen and oxygen atoms in total. The second-order valence-electron chi connectivity index (χ2n) is 6.28. The smallest absolute Gasteiger partial charge is 0.265 e. The lowest BCUT2D eigenvalue weighted by Crippen LogP contribution is -2.52. The van der Waals surface area contributed by atoms with Gasteiger partial charge in [-0.05, 0) is 43.9 Å².